The number of aryl methyl sites for hydroxylation is 2. The van der Waals surface area contributed by atoms with Gasteiger partial charge in [-0.3, -0.25) is 9.10 Å². The Kier molecular flexibility index (Phi) is 7.47. The summed E-state index contributed by atoms with van der Waals surface area (Å²) in [5.74, 6) is -0.333. The molecule has 1 amide bonds. The van der Waals surface area contributed by atoms with Crippen LogP contribution in [0.1, 0.15) is 24.5 Å². The molecule has 0 saturated heterocycles. The summed E-state index contributed by atoms with van der Waals surface area (Å²) in [4.78, 5) is 12.9. The van der Waals surface area contributed by atoms with Crippen molar-refractivity contribution >= 4 is 21.6 Å². The van der Waals surface area contributed by atoms with Crippen LogP contribution in [-0.2, 0) is 21.2 Å². The molecular weight excluding hydrogens is 408 g/mol. The lowest BCUT2D eigenvalue weighted by Crippen LogP contribution is -2.43. The van der Waals surface area contributed by atoms with Crippen LogP contribution in [-0.4, -0.2) is 26.9 Å². The topological polar surface area (TPSA) is 66.5 Å². The van der Waals surface area contributed by atoms with Crippen LogP contribution in [0.25, 0.3) is 0 Å². The average molecular weight is 437 g/mol. The third kappa shape index (κ3) is 6.18. The Morgan fingerprint density at radius 1 is 0.903 bits per heavy atom. The SMILES string of the molecule is Cc1ccc(N(CC(=O)N[C@@H](C)CCc2ccccc2)S(=O)(=O)c2ccccc2)cc1. The van der Waals surface area contributed by atoms with E-state index in [1.807, 2.05) is 44.2 Å². The minimum absolute atomic E-state index is 0.0768. The van der Waals surface area contributed by atoms with Gasteiger partial charge in [-0.15, -0.1) is 0 Å². The van der Waals surface area contributed by atoms with Crippen molar-refractivity contribution in [1.29, 1.82) is 0 Å². The van der Waals surface area contributed by atoms with Crippen molar-refractivity contribution in [2.75, 3.05) is 10.8 Å². The molecule has 0 aliphatic rings. The molecule has 3 aromatic rings. The van der Waals surface area contributed by atoms with Gasteiger partial charge in [0.15, 0.2) is 0 Å². The van der Waals surface area contributed by atoms with E-state index in [-0.39, 0.29) is 23.4 Å². The second-order valence-corrected chi connectivity index (χ2v) is 9.52. The van der Waals surface area contributed by atoms with E-state index in [0.717, 1.165) is 18.4 Å². The number of carbonyl (C=O) groups excluding carboxylic acids is 1. The first-order valence-corrected chi connectivity index (χ1v) is 11.8. The maximum Gasteiger partial charge on any atom is 0.264 e. The summed E-state index contributed by atoms with van der Waals surface area (Å²) in [7, 11) is -3.88. The molecule has 1 N–H and O–H groups in total. The normalized spacial score (nSPS) is 12.2. The molecule has 0 radical (unpaired) electrons. The van der Waals surface area contributed by atoms with Crippen LogP contribution in [0.2, 0.25) is 0 Å². The number of nitrogens with one attached hydrogen (secondary N) is 1. The van der Waals surface area contributed by atoms with Crippen LogP contribution >= 0.6 is 0 Å². The van der Waals surface area contributed by atoms with Crippen molar-refractivity contribution in [3.63, 3.8) is 0 Å². The Morgan fingerprint density at radius 3 is 2.10 bits per heavy atom. The van der Waals surface area contributed by atoms with Gasteiger partial charge in [0, 0.05) is 6.04 Å². The van der Waals surface area contributed by atoms with Gasteiger partial charge in [0.2, 0.25) is 5.91 Å². The zero-order valence-electron chi connectivity index (χ0n) is 17.9. The first kappa shape index (κ1) is 22.6. The number of hydrogen-bond donors (Lipinski definition) is 1. The summed E-state index contributed by atoms with van der Waals surface area (Å²) in [5.41, 5.74) is 2.68. The zero-order valence-corrected chi connectivity index (χ0v) is 18.7. The predicted molar refractivity (Wildman–Crippen MR) is 125 cm³/mol. The van der Waals surface area contributed by atoms with E-state index in [4.69, 9.17) is 0 Å². The molecule has 0 aromatic heterocycles. The average Bonchev–Trinajstić information content (AvgIpc) is 2.78. The maximum atomic E-state index is 13.3. The van der Waals surface area contributed by atoms with Crippen molar-refractivity contribution in [2.45, 2.75) is 37.6 Å². The predicted octanol–water partition coefficient (Wildman–Crippen LogP) is 4.33. The number of hydrogen-bond acceptors (Lipinski definition) is 3. The van der Waals surface area contributed by atoms with Crippen LogP contribution in [0.3, 0.4) is 0 Å². The number of amides is 1. The highest BCUT2D eigenvalue weighted by molar-refractivity contribution is 7.92. The van der Waals surface area contributed by atoms with Gasteiger partial charge in [-0.25, -0.2) is 8.42 Å². The number of sulfonamides is 1. The Labute approximate surface area is 184 Å². The summed E-state index contributed by atoms with van der Waals surface area (Å²) in [6.45, 7) is 3.58. The maximum absolute atomic E-state index is 13.3. The molecule has 0 fully saturated rings. The van der Waals surface area contributed by atoms with Crippen LogP contribution in [0, 0.1) is 6.92 Å². The zero-order chi connectivity index (χ0) is 22.3. The molecule has 3 aromatic carbocycles. The monoisotopic (exact) mass is 436 g/mol. The third-order valence-corrected chi connectivity index (χ3v) is 6.84. The Morgan fingerprint density at radius 2 is 1.48 bits per heavy atom. The largest absolute Gasteiger partial charge is 0.352 e. The first-order valence-electron chi connectivity index (χ1n) is 10.3. The summed E-state index contributed by atoms with van der Waals surface area (Å²) in [6, 6.07) is 25.3. The lowest BCUT2D eigenvalue weighted by molar-refractivity contribution is -0.120. The van der Waals surface area contributed by atoms with E-state index >= 15 is 0 Å². The van der Waals surface area contributed by atoms with Crippen LogP contribution in [0.4, 0.5) is 5.69 Å². The Balaban J connectivity index is 1.73. The Bertz CT molecular complexity index is 1080. The van der Waals surface area contributed by atoms with Gasteiger partial charge in [-0.1, -0.05) is 66.2 Å². The summed E-state index contributed by atoms with van der Waals surface area (Å²) in [5, 5.41) is 2.94. The van der Waals surface area contributed by atoms with Crippen molar-refractivity contribution in [3.05, 3.63) is 96.1 Å². The minimum atomic E-state index is -3.88. The van der Waals surface area contributed by atoms with E-state index in [1.165, 1.54) is 22.0 Å². The van der Waals surface area contributed by atoms with Gasteiger partial charge in [-0.05, 0) is 56.5 Å². The van der Waals surface area contributed by atoms with Crippen LogP contribution in [0.15, 0.2) is 89.8 Å². The minimum Gasteiger partial charge on any atom is -0.352 e. The highest BCUT2D eigenvalue weighted by atomic mass is 32.2. The van der Waals surface area contributed by atoms with E-state index in [2.05, 4.69) is 17.4 Å². The lowest BCUT2D eigenvalue weighted by atomic mass is 10.1. The van der Waals surface area contributed by atoms with Gasteiger partial charge in [-0.2, -0.15) is 0 Å². The number of benzene rings is 3. The molecule has 162 valence electrons. The second kappa shape index (κ2) is 10.3. The molecule has 1 atom stereocenters. The van der Waals surface area contributed by atoms with E-state index in [0.29, 0.717) is 5.69 Å². The molecule has 0 aliphatic heterocycles. The second-order valence-electron chi connectivity index (χ2n) is 7.65. The number of nitrogens with zero attached hydrogens (tertiary/aromatic N) is 1. The van der Waals surface area contributed by atoms with Gasteiger partial charge in [0.05, 0.1) is 10.6 Å². The summed E-state index contributed by atoms with van der Waals surface area (Å²) in [6.07, 6.45) is 1.61. The molecule has 0 spiro atoms. The standard InChI is InChI=1S/C25H28N2O3S/c1-20-13-17-23(18-14-20)27(31(29,30)24-11-7-4-8-12-24)19-25(28)26-21(2)15-16-22-9-5-3-6-10-22/h3-14,17-18,21H,15-16,19H2,1-2H3,(H,26,28)/t21-/m0/s1. The van der Waals surface area contributed by atoms with Crippen molar-refractivity contribution in [1.82, 2.24) is 5.32 Å². The molecule has 0 heterocycles. The van der Waals surface area contributed by atoms with Crippen molar-refractivity contribution in [3.8, 4) is 0 Å². The number of rotatable bonds is 9. The fourth-order valence-electron chi connectivity index (χ4n) is 3.30. The van der Waals surface area contributed by atoms with Crippen molar-refractivity contribution < 1.29 is 13.2 Å². The summed E-state index contributed by atoms with van der Waals surface area (Å²) < 4.78 is 27.8. The quantitative estimate of drug-likeness (QED) is 0.543. The Hall–Kier alpha value is -3.12. The number of carbonyl (C=O) groups is 1. The van der Waals surface area contributed by atoms with E-state index in [9.17, 15) is 13.2 Å². The van der Waals surface area contributed by atoms with Crippen molar-refractivity contribution in [2.24, 2.45) is 0 Å². The molecule has 0 saturated carbocycles. The molecule has 31 heavy (non-hydrogen) atoms. The third-order valence-electron chi connectivity index (χ3n) is 5.06. The van der Waals surface area contributed by atoms with Gasteiger partial charge < -0.3 is 5.32 Å². The van der Waals surface area contributed by atoms with Gasteiger partial charge >= 0.3 is 0 Å². The molecule has 0 aliphatic carbocycles. The highest BCUT2D eigenvalue weighted by Gasteiger charge is 2.27. The van der Waals surface area contributed by atoms with E-state index < -0.39 is 10.0 Å². The van der Waals surface area contributed by atoms with Gasteiger partial charge in [0.25, 0.3) is 10.0 Å². The van der Waals surface area contributed by atoms with Crippen LogP contribution in [0.5, 0.6) is 0 Å². The molecule has 0 unspecified atom stereocenters. The molecule has 6 heteroatoms. The fourth-order valence-corrected chi connectivity index (χ4v) is 4.74. The molecular formula is C25H28N2O3S. The smallest absolute Gasteiger partial charge is 0.264 e. The molecule has 5 nitrogen and oxygen atoms in total. The van der Waals surface area contributed by atoms with Gasteiger partial charge in [0.1, 0.15) is 6.54 Å². The molecule has 3 rings (SSSR count). The van der Waals surface area contributed by atoms with Crippen LogP contribution < -0.4 is 9.62 Å². The lowest BCUT2D eigenvalue weighted by Gasteiger charge is -2.25. The molecule has 0 bridgehead atoms. The summed E-state index contributed by atoms with van der Waals surface area (Å²) >= 11 is 0. The highest BCUT2D eigenvalue weighted by Crippen LogP contribution is 2.24. The first-order chi connectivity index (χ1) is 14.9. The van der Waals surface area contributed by atoms with E-state index in [1.54, 1.807) is 30.3 Å². The number of anilines is 1. The fraction of sp³-hybridized carbons (Fsp3) is 0.240.